The lowest BCUT2D eigenvalue weighted by atomic mass is 9.71. The first kappa shape index (κ1) is 17.2. The van der Waals surface area contributed by atoms with Crippen molar-refractivity contribution in [3.8, 4) is 0 Å². The summed E-state index contributed by atoms with van der Waals surface area (Å²) >= 11 is 0. The number of esters is 2. The lowest BCUT2D eigenvalue weighted by molar-refractivity contribution is -0.174. The van der Waals surface area contributed by atoms with Crippen molar-refractivity contribution in [3.05, 3.63) is 42.0 Å². The zero-order valence-electron chi connectivity index (χ0n) is 13.5. The minimum atomic E-state index is -1.49. The summed E-state index contributed by atoms with van der Waals surface area (Å²) in [6.45, 7) is 3.70. The van der Waals surface area contributed by atoms with Crippen LogP contribution in [0.1, 0.15) is 32.3 Å². The summed E-state index contributed by atoms with van der Waals surface area (Å²) in [6.07, 6.45) is 0.909. The second-order valence-corrected chi connectivity index (χ2v) is 5.53. The molecule has 0 amide bonds. The summed E-state index contributed by atoms with van der Waals surface area (Å²) in [6, 6.07) is 9.38. The highest BCUT2D eigenvalue weighted by molar-refractivity contribution is 6.02. The minimum Gasteiger partial charge on any atom is -0.465 e. The van der Waals surface area contributed by atoms with Gasteiger partial charge in [-0.3, -0.25) is 9.59 Å². The van der Waals surface area contributed by atoms with Crippen LogP contribution in [0.5, 0.6) is 0 Å². The molecule has 1 N–H and O–H groups in total. The molecule has 0 saturated heterocycles. The van der Waals surface area contributed by atoms with Gasteiger partial charge in [0.1, 0.15) is 0 Å². The van der Waals surface area contributed by atoms with Gasteiger partial charge in [0.25, 0.3) is 0 Å². The number of carbonyl (C=O) groups is 2. The van der Waals surface area contributed by atoms with Crippen molar-refractivity contribution in [1.29, 1.82) is 0 Å². The van der Waals surface area contributed by atoms with Crippen molar-refractivity contribution in [2.24, 2.45) is 5.41 Å². The van der Waals surface area contributed by atoms with Crippen molar-refractivity contribution in [3.63, 3.8) is 0 Å². The van der Waals surface area contributed by atoms with E-state index >= 15 is 0 Å². The molecule has 0 saturated carbocycles. The summed E-state index contributed by atoms with van der Waals surface area (Å²) in [5, 5.41) is 10.2. The van der Waals surface area contributed by atoms with Crippen molar-refractivity contribution in [2.75, 3.05) is 13.2 Å². The SMILES string of the molecule is CCOC(=O)C1(C(=O)OCC)CC(c2ccccc2)=CC(O)C1. The van der Waals surface area contributed by atoms with E-state index in [0.29, 0.717) is 0 Å². The van der Waals surface area contributed by atoms with Crippen LogP contribution in [-0.2, 0) is 19.1 Å². The van der Waals surface area contributed by atoms with Crippen LogP contribution in [0.2, 0.25) is 0 Å². The number of benzene rings is 1. The Bertz CT molecular complexity index is 573. The second kappa shape index (κ2) is 7.42. The summed E-state index contributed by atoms with van der Waals surface area (Å²) < 4.78 is 10.2. The van der Waals surface area contributed by atoms with Crippen LogP contribution < -0.4 is 0 Å². The van der Waals surface area contributed by atoms with Gasteiger partial charge in [-0.15, -0.1) is 0 Å². The molecule has 0 spiro atoms. The van der Waals surface area contributed by atoms with Crippen LogP contribution in [0.25, 0.3) is 5.57 Å². The molecule has 2 rings (SSSR count). The highest BCUT2D eigenvalue weighted by Gasteiger charge is 2.52. The fraction of sp³-hybridized carbons (Fsp3) is 0.444. The van der Waals surface area contributed by atoms with E-state index in [9.17, 15) is 14.7 Å². The van der Waals surface area contributed by atoms with E-state index in [2.05, 4.69) is 0 Å². The Morgan fingerprint density at radius 2 is 1.70 bits per heavy atom. The lowest BCUT2D eigenvalue weighted by Gasteiger charge is -2.34. The number of hydrogen-bond acceptors (Lipinski definition) is 5. The largest absolute Gasteiger partial charge is 0.465 e. The molecule has 1 aromatic rings. The second-order valence-electron chi connectivity index (χ2n) is 5.53. The molecule has 1 atom stereocenters. The lowest BCUT2D eigenvalue weighted by Crippen LogP contribution is -2.46. The molecule has 0 radical (unpaired) electrons. The average molecular weight is 318 g/mol. The third-order valence-corrected chi connectivity index (χ3v) is 3.92. The van der Waals surface area contributed by atoms with Crippen LogP contribution in [0.4, 0.5) is 0 Å². The van der Waals surface area contributed by atoms with Gasteiger partial charge in [0.2, 0.25) is 0 Å². The summed E-state index contributed by atoms with van der Waals surface area (Å²) in [4.78, 5) is 25.0. The monoisotopic (exact) mass is 318 g/mol. The number of aliphatic hydroxyl groups is 1. The molecule has 1 unspecified atom stereocenters. The van der Waals surface area contributed by atoms with Gasteiger partial charge in [-0.05, 0) is 31.4 Å². The summed E-state index contributed by atoms with van der Waals surface area (Å²) in [5.41, 5.74) is 0.112. The highest BCUT2D eigenvalue weighted by atomic mass is 16.6. The zero-order chi connectivity index (χ0) is 16.9. The molecule has 0 bridgehead atoms. The molecule has 5 nitrogen and oxygen atoms in total. The average Bonchev–Trinajstić information content (AvgIpc) is 2.55. The van der Waals surface area contributed by atoms with Crippen LogP contribution in [-0.4, -0.2) is 36.4 Å². The first-order valence-electron chi connectivity index (χ1n) is 7.82. The Morgan fingerprint density at radius 3 is 2.22 bits per heavy atom. The van der Waals surface area contributed by atoms with Crippen LogP contribution in [0, 0.1) is 5.41 Å². The Hall–Kier alpha value is -2.14. The first-order chi connectivity index (χ1) is 11.0. The van der Waals surface area contributed by atoms with Crippen LogP contribution in [0.15, 0.2) is 36.4 Å². The molecule has 124 valence electrons. The fourth-order valence-corrected chi connectivity index (χ4v) is 2.89. The Labute approximate surface area is 135 Å². The Kier molecular flexibility index (Phi) is 5.55. The molecule has 0 aromatic heterocycles. The number of aliphatic hydroxyl groups excluding tert-OH is 1. The van der Waals surface area contributed by atoms with Crippen molar-refractivity contribution in [1.82, 2.24) is 0 Å². The van der Waals surface area contributed by atoms with E-state index in [4.69, 9.17) is 9.47 Å². The molecular formula is C18H22O5. The summed E-state index contributed by atoms with van der Waals surface area (Å²) in [7, 11) is 0. The quantitative estimate of drug-likeness (QED) is 0.666. The van der Waals surface area contributed by atoms with Gasteiger partial charge >= 0.3 is 11.9 Å². The predicted molar refractivity (Wildman–Crippen MR) is 85.4 cm³/mol. The number of rotatable bonds is 5. The van der Waals surface area contributed by atoms with Crippen LogP contribution in [0.3, 0.4) is 0 Å². The molecule has 0 heterocycles. The number of allylic oxidation sites excluding steroid dienone is 1. The molecule has 1 aromatic carbocycles. The standard InChI is InChI=1S/C18H22O5/c1-3-22-16(20)18(17(21)23-4-2)11-14(10-15(19)12-18)13-8-6-5-7-9-13/h5-10,15,19H,3-4,11-12H2,1-2H3. The minimum absolute atomic E-state index is 0.0268. The third kappa shape index (κ3) is 3.62. The number of ether oxygens (including phenoxy) is 2. The van der Waals surface area contributed by atoms with Gasteiger partial charge in [-0.1, -0.05) is 36.4 Å². The fourth-order valence-electron chi connectivity index (χ4n) is 2.89. The van der Waals surface area contributed by atoms with E-state index in [1.807, 2.05) is 30.3 Å². The topological polar surface area (TPSA) is 72.8 Å². The van der Waals surface area contributed by atoms with Crippen molar-refractivity contribution in [2.45, 2.75) is 32.8 Å². The highest BCUT2D eigenvalue weighted by Crippen LogP contribution is 2.42. The Morgan fingerprint density at radius 1 is 1.13 bits per heavy atom. The van der Waals surface area contributed by atoms with E-state index in [1.165, 1.54) is 0 Å². The predicted octanol–water partition coefficient (Wildman–Crippen LogP) is 2.34. The Balaban J connectivity index is 2.41. The van der Waals surface area contributed by atoms with E-state index in [-0.39, 0.29) is 26.1 Å². The normalized spacial score (nSPS) is 19.6. The molecule has 0 aliphatic heterocycles. The van der Waals surface area contributed by atoms with Gasteiger partial charge in [0.15, 0.2) is 5.41 Å². The van der Waals surface area contributed by atoms with E-state index in [1.54, 1.807) is 19.9 Å². The molecule has 1 aliphatic rings. The zero-order valence-corrected chi connectivity index (χ0v) is 13.5. The molecule has 5 heteroatoms. The van der Waals surface area contributed by atoms with Crippen molar-refractivity contribution >= 4 is 17.5 Å². The summed E-state index contributed by atoms with van der Waals surface area (Å²) in [5.74, 6) is -1.28. The van der Waals surface area contributed by atoms with Gasteiger partial charge < -0.3 is 14.6 Å². The van der Waals surface area contributed by atoms with Crippen LogP contribution >= 0.6 is 0 Å². The first-order valence-corrected chi connectivity index (χ1v) is 7.82. The molecule has 1 aliphatic carbocycles. The maximum absolute atomic E-state index is 12.5. The maximum atomic E-state index is 12.5. The van der Waals surface area contributed by atoms with Gasteiger partial charge in [0, 0.05) is 6.42 Å². The molecule has 23 heavy (non-hydrogen) atoms. The molecule has 0 fully saturated rings. The number of carbonyl (C=O) groups excluding carboxylic acids is 2. The van der Waals surface area contributed by atoms with Gasteiger partial charge in [-0.2, -0.15) is 0 Å². The maximum Gasteiger partial charge on any atom is 0.323 e. The smallest absolute Gasteiger partial charge is 0.323 e. The van der Waals surface area contributed by atoms with Gasteiger partial charge in [0.05, 0.1) is 19.3 Å². The van der Waals surface area contributed by atoms with Crippen molar-refractivity contribution < 1.29 is 24.2 Å². The van der Waals surface area contributed by atoms with E-state index in [0.717, 1.165) is 11.1 Å². The van der Waals surface area contributed by atoms with E-state index < -0.39 is 23.5 Å². The molecular weight excluding hydrogens is 296 g/mol. The number of hydrogen-bond donors (Lipinski definition) is 1. The van der Waals surface area contributed by atoms with Gasteiger partial charge in [-0.25, -0.2) is 0 Å². The third-order valence-electron chi connectivity index (χ3n) is 3.92.